The quantitative estimate of drug-likeness (QED) is 0.749. The Kier molecular flexibility index (Phi) is 12.0. The number of nitrogens with one attached hydrogen (secondary N) is 1. The summed E-state index contributed by atoms with van der Waals surface area (Å²) in [7, 11) is 0. The molecular weight excluding hydrogens is 315 g/mol. The van der Waals surface area contributed by atoms with E-state index in [9.17, 15) is 9.59 Å². The van der Waals surface area contributed by atoms with Crippen molar-refractivity contribution in [2.24, 2.45) is 5.73 Å². The van der Waals surface area contributed by atoms with Gasteiger partial charge in [-0.1, -0.05) is 0 Å². The molecule has 1 fully saturated rings. The topological polar surface area (TPSA) is 78.7 Å². The van der Waals surface area contributed by atoms with Crippen LogP contribution in [0.25, 0.3) is 0 Å². The highest BCUT2D eigenvalue weighted by molar-refractivity contribution is 5.85. The minimum absolute atomic E-state index is 0. The van der Waals surface area contributed by atoms with Crippen molar-refractivity contribution in [3.05, 3.63) is 0 Å². The van der Waals surface area contributed by atoms with Crippen molar-refractivity contribution in [1.82, 2.24) is 15.1 Å². The molecule has 21 heavy (non-hydrogen) atoms. The molecule has 0 aliphatic carbocycles. The van der Waals surface area contributed by atoms with Crippen molar-refractivity contribution in [2.45, 2.75) is 39.3 Å². The van der Waals surface area contributed by atoms with Crippen LogP contribution >= 0.6 is 24.8 Å². The molecule has 1 atom stereocenters. The lowest BCUT2D eigenvalue weighted by Gasteiger charge is -2.34. The van der Waals surface area contributed by atoms with Gasteiger partial charge in [0.25, 0.3) is 0 Å². The zero-order valence-electron chi connectivity index (χ0n) is 13.0. The molecule has 2 amide bonds. The molecule has 0 aromatic heterocycles. The number of nitrogens with two attached hydrogens (primary N) is 1. The zero-order chi connectivity index (χ0) is 14.4. The number of amides is 2. The molecule has 0 saturated carbocycles. The molecule has 1 unspecified atom stereocenters. The molecular formula is C13H28Cl2N4O2. The minimum atomic E-state index is -0.0950. The second-order valence-electron chi connectivity index (χ2n) is 5.56. The molecule has 0 aromatic carbocycles. The number of halogens is 2. The summed E-state index contributed by atoms with van der Waals surface area (Å²) in [5.74, 6) is 0.159. The van der Waals surface area contributed by atoms with E-state index in [0.29, 0.717) is 26.1 Å². The molecule has 1 rings (SSSR count). The van der Waals surface area contributed by atoms with Crippen LogP contribution in [0.15, 0.2) is 0 Å². The maximum atomic E-state index is 11.8. The third kappa shape index (κ3) is 9.14. The Morgan fingerprint density at radius 1 is 1.10 bits per heavy atom. The Labute approximate surface area is 139 Å². The Morgan fingerprint density at radius 3 is 2.05 bits per heavy atom. The lowest BCUT2D eigenvalue weighted by Crippen LogP contribution is -2.52. The lowest BCUT2D eigenvalue weighted by molar-refractivity contribution is -0.133. The van der Waals surface area contributed by atoms with E-state index in [1.165, 1.54) is 0 Å². The lowest BCUT2D eigenvalue weighted by atomic mass is 10.2. The van der Waals surface area contributed by atoms with Crippen LogP contribution in [0.3, 0.4) is 0 Å². The SMILES string of the molecule is CC(N)CC(=O)N1CCN(CC(=O)NC(C)C)CC1.Cl.Cl. The van der Waals surface area contributed by atoms with Gasteiger partial charge in [-0.25, -0.2) is 0 Å². The molecule has 1 heterocycles. The summed E-state index contributed by atoms with van der Waals surface area (Å²) >= 11 is 0. The number of piperazine rings is 1. The summed E-state index contributed by atoms with van der Waals surface area (Å²) < 4.78 is 0. The number of nitrogens with zero attached hydrogens (tertiary/aromatic N) is 2. The summed E-state index contributed by atoms with van der Waals surface area (Å²) in [6.07, 6.45) is 0.397. The Hall–Kier alpha value is -0.560. The summed E-state index contributed by atoms with van der Waals surface area (Å²) in [4.78, 5) is 27.4. The van der Waals surface area contributed by atoms with Gasteiger partial charge in [0.1, 0.15) is 0 Å². The molecule has 8 heteroatoms. The van der Waals surface area contributed by atoms with Crippen LogP contribution in [0.1, 0.15) is 27.2 Å². The first kappa shape index (κ1) is 22.7. The van der Waals surface area contributed by atoms with Gasteiger partial charge in [0.05, 0.1) is 6.54 Å². The summed E-state index contributed by atoms with van der Waals surface area (Å²) in [6, 6.07) is 0.0729. The van der Waals surface area contributed by atoms with Gasteiger partial charge in [-0.3, -0.25) is 14.5 Å². The molecule has 0 spiro atoms. The van der Waals surface area contributed by atoms with Crippen molar-refractivity contribution in [3.8, 4) is 0 Å². The first-order valence-electron chi connectivity index (χ1n) is 6.93. The van der Waals surface area contributed by atoms with Gasteiger partial charge in [0.15, 0.2) is 0 Å². The normalized spacial score (nSPS) is 16.7. The molecule has 6 nitrogen and oxygen atoms in total. The van der Waals surface area contributed by atoms with E-state index in [4.69, 9.17) is 5.73 Å². The van der Waals surface area contributed by atoms with Gasteiger partial charge in [-0.2, -0.15) is 0 Å². The zero-order valence-corrected chi connectivity index (χ0v) is 14.6. The van der Waals surface area contributed by atoms with Gasteiger partial charge >= 0.3 is 0 Å². The predicted octanol–water partition coefficient (Wildman–Crippen LogP) is 0.236. The second-order valence-corrected chi connectivity index (χ2v) is 5.56. The van der Waals surface area contributed by atoms with E-state index < -0.39 is 0 Å². The van der Waals surface area contributed by atoms with Crippen LogP contribution in [-0.4, -0.2) is 66.4 Å². The van der Waals surface area contributed by atoms with Crippen molar-refractivity contribution in [1.29, 1.82) is 0 Å². The first-order valence-corrected chi connectivity index (χ1v) is 6.93. The van der Waals surface area contributed by atoms with Crippen molar-refractivity contribution in [2.75, 3.05) is 32.7 Å². The van der Waals surface area contributed by atoms with E-state index in [2.05, 4.69) is 10.2 Å². The predicted molar refractivity (Wildman–Crippen MR) is 89.1 cm³/mol. The second kappa shape index (κ2) is 11.1. The van der Waals surface area contributed by atoms with Gasteiger partial charge in [0.2, 0.25) is 11.8 Å². The monoisotopic (exact) mass is 342 g/mol. The molecule has 3 N–H and O–H groups in total. The number of hydrogen-bond acceptors (Lipinski definition) is 4. The largest absolute Gasteiger partial charge is 0.353 e. The Morgan fingerprint density at radius 2 is 1.62 bits per heavy atom. The third-order valence-corrected chi connectivity index (χ3v) is 3.04. The highest BCUT2D eigenvalue weighted by Crippen LogP contribution is 2.04. The minimum Gasteiger partial charge on any atom is -0.353 e. The van der Waals surface area contributed by atoms with Crippen LogP contribution in [0.5, 0.6) is 0 Å². The van der Waals surface area contributed by atoms with E-state index >= 15 is 0 Å². The average molecular weight is 343 g/mol. The van der Waals surface area contributed by atoms with Crippen molar-refractivity contribution >= 4 is 36.6 Å². The molecule has 0 radical (unpaired) electrons. The van der Waals surface area contributed by atoms with Crippen molar-refractivity contribution < 1.29 is 9.59 Å². The van der Waals surface area contributed by atoms with Crippen LogP contribution in [0.4, 0.5) is 0 Å². The standard InChI is InChI=1S/C13H26N4O2.2ClH/c1-10(2)15-12(18)9-16-4-6-17(7-5-16)13(19)8-11(3)14;;/h10-11H,4-9,14H2,1-3H3,(H,15,18);2*1H. The highest BCUT2D eigenvalue weighted by Gasteiger charge is 2.22. The van der Waals surface area contributed by atoms with Gasteiger partial charge in [0, 0.05) is 44.7 Å². The van der Waals surface area contributed by atoms with Crippen LogP contribution in [0.2, 0.25) is 0 Å². The summed E-state index contributed by atoms with van der Waals surface area (Å²) in [6.45, 7) is 9.00. The van der Waals surface area contributed by atoms with Gasteiger partial charge < -0.3 is 16.0 Å². The highest BCUT2D eigenvalue weighted by atomic mass is 35.5. The average Bonchev–Trinajstić information content (AvgIpc) is 2.27. The van der Waals surface area contributed by atoms with Crippen molar-refractivity contribution in [3.63, 3.8) is 0 Å². The number of hydrogen-bond donors (Lipinski definition) is 2. The first-order chi connectivity index (χ1) is 8.88. The fraction of sp³-hybridized carbons (Fsp3) is 0.846. The summed E-state index contributed by atoms with van der Waals surface area (Å²) in [5.41, 5.74) is 5.63. The number of carbonyl (C=O) groups is 2. The van der Waals surface area contributed by atoms with Crippen LogP contribution < -0.4 is 11.1 Å². The van der Waals surface area contributed by atoms with E-state index in [-0.39, 0.29) is 48.7 Å². The smallest absolute Gasteiger partial charge is 0.234 e. The fourth-order valence-corrected chi connectivity index (χ4v) is 2.13. The Bertz CT molecular complexity index is 319. The van der Waals surface area contributed by atoms with Crippen LogP contribution in [-0.2, 0) is 9.59 Å². The maximum absolute atomic E-state index is 11.8. The van der Waals surface area contributed by atoms with E-state index in [1.54, 1.807) is 0 Å². The van der Waals surface area contributed by atoms with E-state index in [1.807, 2.05) is 25.7 Å². The fourth-order valence-electron chi connectivity index (χ4n) is 2.13. The third-order valence-electron chi connectivity index (χ3n) is 3.04. The maximum Gasteiger partial charge on any atom is 0.234 e. The molecule has 0 aromatic rings. The van der Waals surface area contributed by atoms with E-state index in [0.717, 1.165) is 13.1 Å². The molecule has 1 aliphatic rings. The molecule has 1 aliphatic heterocycles. The molecule has 0 bridgehead atoms. The molecule has 126 valence electrons. The van der Waals surface area contributed by atoms with Crippen LogP contribution in [0, 0.1) is 0 Å². The number of rotatable bonds is 5. The Balaban J connectivity index is 0. The van der Waals surface area contributed by atoms with Gasteiger partial charge in [-0.15, -0.1) is 24.8 Å². The van der Waals surface area contributed by atoms with Gasteiger partial charge in [-0.05, 0) is 20.8 Å². The number of carbonyl (C=O) groups excluding carboxylic acids is 2. The molecule has 1 saturated heterocycles. The summed E-state index contributed by atoms with van der Waals surface area (Å²) in [5, 5.41) is 2.87.